The van der Waals surface area contributed by atoms with E-state index in [4.69, 9.17) is 0 Å². The fourth-order valence-corrected chi connectivity index (χ4v) is 4.12. The number of halogens is 3. The number of nitrogens with one attached hydrogen (secondary N) is 2. The van der Waals surface area contributed by atoms with Gasteiger partial charge in [0.05, 0.1) is 5.56 Å². The topological polar surface area (TPSA) is 71.1 Å². The van der Waals surface area contributed by atoms with Crippen LogP contribution in [0.5, 0.6) is 0 Å². The second-order valence-corrected chi connectivity index (χ2v) is 10.2. The van der Waals surface area contributed by atoms with E-state index in [1.807, 2.05) is 26.8 Å². The van der Waals surface area contributed by atoms with Gasteiger partial charge in [-0.1, -0.05) is 42.5 Å². The van der Waals surface area contributed by atoms with Gasteiger partial charge in [-0.3, -0.25) is 9.59 Å². The van der Waals surface area contributed by atoms with Crippen molar-refractivity contribution in [2.24, 2.45) is 0 Å². The number of carbonyl (C=O) groups is 2. The van der Waals surface area contributed by atoms with Crippen molar-refractivity contribution in [1.82, 2.24) is 4.98 Å². The Balaban J connectivity index is 1.59. The summed E-state index contributed by atoms with van der Waals surface area (Å²) >= 11 is 0. The number of hydrogen-bond acceptors (Lipinski definition) is 4. The van der Waals surface area contributed by atoms with Crippen molar-refractivity contribution < 1.29 is 22.8 Å². The molecule has 8 heteroatoms. The molecule has 0 bridgehead atoms. The van der Waals surface area contributed by atoms with Crippen molar-refractivity contribution in [1.29, 1.82) is 0 Å². The summed E-state index contributed by atoms with van der Waals surface area (Å²) in [6.45, 7) is 7.87. The van der Waals surface area contributed by atoms with Gasteiger partial charge < -0.3 is 10.6 Å². The molecule has 1 aromatic heterocycles. The van der Waals surface area contributed by atoms with Crippen molar-refractivity contribution in [3.05, 3.63) is 101 Å². The summed E-state index contributed by atoms with van der Waals surface area (Å²) in [5.74, 6) is -0.0361. The van der Waals surface area contributed by atoms with Crippen LogP contribution in [0, 0.1) is 6.92 Å². The zero-order valence-corrected chi connectivity index (χ0v) is 21.5. The van der Waals surface area contributed by atoms with E-state index in [2.05, 4.69) is 15.6 Å². The molecule has 4 aromatic rings. The molecule has 0 aliphatic heterocycles. The Morgan fingerprint density at radius 2 is 1.63 bits per heavy atom. The van der Waals surface area contributed by atoms with Gasteiger partial charge in [-0.05, 0) is 68.5 Å². The predicted molar refractivity (Wildman–Crippen MR) is 144 cm³/mol. The van der Waals surface area contributed by atoms with Crippen molar-refractivity contribution in [2.45, 2.75) is 45.8 Å². The van der Waals surface area contributed by atoms with E-state index in [-0.39, 0.29) is 29.2 Å². The normalized spacial score (nSPS) is 11.9. The summed E-state index contributed by atoms with van der Waals surface area (Å²) in [5, 5.41) is 7.78. The lowest BCUT2D eigenvalue weighted by molar-refractivity contribution is -0.137. The number of hydrogen-bond donors (Lipinski definition) is 2. The van der Waals surface area contributed by atoms with Crippen molar-refractivity contribution >= 4 is 34.0 Å². The van der Waals surface area contributed by atoms with Gasteiger partial charge in [-0.2, -0.15) is 13.2 Å². The van der Waals surface area contributed by atoms with Crippen LogP contribution in [0.15, 0.2) is 72.9 Å². The molecule has 0 unspecified atom stereocenters. The average molecular weight is 520 g/mol. The minimum absolute atomic E-state index is 0.194. The number of rotatable bonds is 6. The maximum Gasteiger partial charge on any atom is 0.416 e. The highest BCUT2D eigenvalue weighted by molar-refractivity contribution is 6.14. The summed E-state index contributed by atoms with van der Waals surface area (Å²) in [4.78, 5) is 30.7. The number of pyridine rings is 1. The molecule has 0 saturated carbocycles. The highest BCUT2D eigenvalue weighted by Gasteiger charge is 2.30. The Kier molecular flexibility index (Phi) is 7.26. The molecular weight excluding hydrogens is 491 g/mol. The summed E-state index contributed by atoms with van der Waals surface area (Å²) in [5.41, 5.74) is 1.17. The molecule has 0 fully saturated rings. The highest BCUT2D eigenvalue weighted by atomic mass is 19.4. The Labute approximate surface area is 219 Å². The monoisotopic (exact) mass is 519 g/mol. The fraction of sp³-hybridized carbons (Fsp3) is 0.233. The number of benzene rings is 3. The van der Waals surface area contributed by atoms with Gasteiger partial charge in [0.15, 0.2) is 5.78 Å². The van der Waals surface area contributed by atoms with Crippen LogP contribution in [0.1, 0.15) is 58.2 Å². The van der Waals surface area contributed by atoms with E-state index in [0.717, 1.165) is 28.5 Å². The maximum atomic E-state index is 13.3. The van der Waals surface area contributed by atoms with E-state index in [1.54, 1.807) is 49.5 Å². The Bertz CT molecular complexity index is 1520. The molecule has 1 amide bonds. The molecule has 4 rings (SSSR count). The van der Waals surface area contributed by atoms with Crippen LogP contribution < -0.4 is 10.6 Å². The maximum absolute atomic E-state index is 13.3. The van der Waals surface area contributed by atoms with Gasteiger partial charge in [0.2, 0.25) is 0 Å². The third-order valence-corrected chi connectivity index (χ3v) is 5.97. The van der Waals surface area contributed by atoms with E-state index in [0.29, 0.717) is 22.6 Å². The molecule has 5 nitrogen and oxygen atoms in total. The standard InChI is InChI=1S/C30H28F3N3O2/c1-18-11-12-20(26(37)16-19-7-5-8-21(15-19)30(31,32)33)17-25(18)35-28(38)24-10-6-9-23-22(24)13-14-34-27(23)36-29(2,3)4/h5-15,17H,16H2,1-4H3,(H,34,36)(H,35,38). The van der Waals surface area contributed by atoms with Crippen LogP contribution in [-0.2, 0) is 12.6 Å². The number of Topliss-reactive ketones (excluding diaryl/α,β-unsaturated/α-hetero) is 1. The van der Waals surface area contributed by atoms with E-state index in [1.165, 1.54) is 12.1 Å². The predicted octanol–water partition coefficient (Wildman–Crippen LogP) is 7.45. The highest BCUT2D eigenvalue weighted by Crippen LogP contribution is 2.30. The smallest absolute Gasteiger partial charge is 0.365 e. The van der Waals surface area contributed by atoms with Gasteiger partial charge in [0, 0.05) is 40.4 Å². The molecule has 38 heavy (non-hydrogen) atoms. The number of aryl methyl sites for hydroxylation is 1. The molecule has 0 spiro atoms. The quantitative estimate of drug-likeness (QED) is 0.260. The number of carbonyl (C=O) groups excluding carboxylic acids is 2. The summed E-state index contributed by atoms with van der Waals surface area (Å²) in [6, 6.07) is 16.8. The minimum atomic E-state index is -4.48. The second-order valence-electron chi connectivity index (χ2n) is 10.2. The van der Waals surface area contributed by atoms with E-state index in [9.17, 15) is 22.8 Å². The molecule has 0 atom stereocenters. The van der Waals surface area contributed by atoms with Crippen LogP contribution in [0.3, 0.4) is 0 Å². The van der Waals surface area contributed by atoms with Crippen LogP contribution in [0.2, 0.25) is 0 Å². The van der Waals surface area contributed by atoms with Gasteiger partial charge >= 0.3 is 6.18 Å². The van der Waals surface area contributed by atoms with Crippen LogP contribution in [0.4, 0.5) is 24.7 Å². The lowest BCUT2D eigenvalue weighted by Gasteiger charge is -2.22. The van der Waals surface area contributed by atoms with Gasteiger partial charge in [0.1, 0.15) is 5.82 Å². The van der Waals surface area contributed by atoms with Crippen molar-refractivity contribution in [2.75, 3.05) is 10.6 Å². The summed E-state index contributed by atoms with van der Waals surface area (Å²) in [6.07, 6.45) is -3.03. The SMILES string of the molecule is Cc1ccc(C(=O)Cc2cccc(C(F)(F)F)c2)cc1NC(=O)c1cccc2c(NC(C)(C)C)nccc12. The first-order valence-corrected chi connectivity index (χ1v) is 12.1. The molecule has 0 aliphatic rings. The van der Waals surface area contributed by atoms with Crippen LogP contribution in [-0.4, -0.2) is 22.2 Å². The molecule has 2 N–H and O–H groups in total. The molecule has 0 radical (unpaired) electrons. The molecule has 196 valence electrons. The van der Waals surface area contributed by atoms with Crippen molar-refractivity contribution in [3.63, 3.8) is 0 Å². The van der Waals surface area contributed by atoms with Crippen LogP contribution >= 0.6 is 0 Å². The van der Waals surface area contributed by atoms with Crippen molar-refractivity contribution in [3.8, 4) is 0 Å². The third-order valence-electron chi connectivity index (χ3n) is 5.97. The Morgan fingerprint density at radius 3 is 2.34 bits per heavy atom. The number of amides is 1. The molecular formula is C30H28F3N3O2. The Hall–Kier alpha value is -4.20. The number of ketones is 1. The number of alkyl halides is 3. The molecule has 1 heterocycles. The lowest BCUT2D eigenvalue weighted by atomic mass is 9.99. The number of fused-ring (bicyclic) bond motifs is 1. The van der Waals surface area contributed by atoms with E-state index < -0.39 is 11.7 Å². The summed E-state index contributed by atoms with van der Waals surface area (Å²) < 4.78 is 39.1. The van der Waals surface area contributed by atoms with Gasteiger partial charge in [-0.25, -0.2) is 4.98 Å². The minimum Gasteiger partial charge on any atom is -0.365 e. The zero-order chi connectivity index (χ0) is 27.7. The molecule has 0 aliphatic carbocycles. The van der Waals surface area contributed by atoms with E-state index >= 15 is 0 Å². The zero-order valence-electron chi connectivity index (χ0n) is 21.5. The largest absolute Gasteiger partial charge is 0.416 e. The Morgan fingerprint density at radius 1 is 0.895 bits per heavy atom. The molecule has 3 aromatic carbocycles. The number of nitrogens with zero attached hydrogens (tertiary/aromatic N) is 1. The average Bonchev–Trinajstić information content (AvgIpc) is 2.84. The molecule has 0 saturated heterocycles. The number of anilines is 2. The third kappa shape index (κ3) is 6.19. The summed E-state index contributed by atoms with van der Waals surface area (Å²) in [7, 11) is 0. The first-order chi connectivity index (χ1) is 17.8. The number of aromatic nitrogens is 1. The lowest BCUT2D eigenvalue weighted by Crippen LogP contribution is -2.26. The fourth-order valence-electron chi connectivity index (χ4n) is 4.12. The first kappa shape index (κ1) is 26.9. The van der Waals surface area contributed by atoms with Gasteiger partial charge in [-0.15, -0.1) is 0 Å². The van der Waals surface area contributed by atoms with Gasteiger partial charge in [0.25, 0.3) is 5.91 Å². The first-order valence-electron chi connectivity index (χ1n) is 12.1. The van der Waals surface area contributed by atoms with Crippen LogP contribution in [0.25, 0.3) is 10.8 Å². The second kappa shape index (κ2) is 10.3.